The molecule has 3 heterocycles. The van der Waals surface area contributed by atoms with Crippen molar-refractivity contribution < 1.29 is 9.31 Å². The van der Waals surface area contributed by atoms with E-state index in [0.717, 1.165) is 53.2 Å². The van der Waals surface area contributed by atoms with Gasteiger partial charge in [-0.3, -0.25) is 10.1 Å². The van der Waals surface area contributed by atoms with Crippen LogP contribution in [0.15, 0.2) is 54.7 Å². The van der Waals surface area contributed by atoms with Crippen molar-refractivity contribution in [3.8, 4) is 11.3 Å². The number of fused-ring (bicyclic) bond motifs is 1. The van der Waals surface area contributed by atoms with Gasteiger partial charge in [-0.25, -0.2) is 13.9 Å². The van der Waals surface area contributed by atoms with Gasteiger partial charge in [0.25, 0.3) is 5.69 Å². The van der Waals surface area contributed by atoms with Crippen LogP contribution in [-0.2, 0) is 0 Å². The van der Waals surface area contributed by atoms with E-state index in [9.17, 15) is 14.5 Å². The van der Waals surface area contributed by atoms with Crippen molar-refractivity contribution >= 4 is 32.8 Å². The molecule has 0 N–H and O–H groups in total. The maximum absolute atomic E-state index is 13.1. The van der Waals surface area contributed by atoms with Crippen LogP contribution in [-0.4, -0.2) is 45.7 Å². The molecule has 1 fully saturated rings. The number of benzene rings is 2. The van der Waals surface area contributed by atoms with Crippen LogP contribution in [0.25, 0.3) is 16.2 Å². The molecule has 0 unspecified atom stereocenters. The maximum atomic E-state index is 13.1. The summed E-state index contributed by atoms with van der Waals surface area (Å²) in [5, 5.41) is 16.4. The number of hydrogen-bond acceptors (Lipinski definition) is 7. The molecular formula is C20H17FN6O2S. The third kappa shape index (κ3) is 3.45. The minimum absolute atomic E-state index is 0.100. The first kappa shape index (κ1) is 18.5. The zero-order valence-corrected chi connectivity index (χ0v) is 16.6. The fourth-order valence-electron chi connectivity index (χ4n) is 3.52. The number of nitro groups is 1. The Kier molecular flexibility index (Phi) is 4.55. The van der Waals surface area contributed by atoms with Crippen LogP contribution in [0.3, 0.4) is 0 Å². The van der Waals surface area contributed by atoms with Gasteiger partial charge < -0.3 is 9.80 Å². The third-order valence-electron chi connectivity index (χ3n) is 5.15. The Hall–Kier alpha value is -3.53. The van der Waals surface area contributed by atoms with Crippen molar-refractivity contribution in [1.29, 1.82) is 0 Å². The van der Waals surface area contributed by atoms with E-state index in [4.69, 9.17) is 0 Å². The van der Waals surface area contributed by atoms with Gasteiger partial charge in [-0.1, -0.05) is 11.3 Å². The SMILES string of the molecule is O=[N+]([O-])c1ccc(N2CCN(c3nn4cc(-c5ccc(F)cc5)nc4s3)CC2)cc1. The van der Waals surface area contributed by atoms with Gasteiger partial charge in [-0.15, -0.1) is 5.10 Å². The standard InChI is InChI=1S/C20H17FN6O2S/c21-15-3-1-14(2-4-15)18-13-26-19(22-18)30-20(23-26)25-11-9-24(10-12-25)16-5-7-17(8-6-16)27(28)29/h1-8,13H,9-12H2. The molecule has 0 aliphatic carbocycles. The molecule has 2 aromatic heterocycles. The summed E-state index contributed by atoms with van der Waals surface area (Å²) in [6, 6.07) is 12.9. The van der Waals surface area contributed by atoms with Crippen molar-refractivity contribution in [3.63, 3.8) is 0 Å². The summed E-state index contributed by atoms with van der Waals surface area (Å²) in [7, 11) is 0. The van der Waals surface area contributed by atoms with E-state index in [-0.39, 0.29) is 16.4 Å². The third-order valence-corrected chi connectivity index (χ3v) is 6.13. The highest BCUT2D eigenvalue weighted by Gasteiger charge is 2.21. The lowest BCUT2D eigenvalue weighted by atomic mass is 10.2. The summed E-state index contributed by atoms with van der Waals surface area (Å²) in [4.78, 5) is 20.3. The molecule has 1 saturated heterocycles. The summed E-state index contributed by atoms with van der Waals surface area (Å²) < 4.78 is 14.9. The molecule has 0 amide bonds. The number of non-ortho nitro benzene ring substituents is 1. The number of nitrogens with zero attached hydrogens (tertiary/aromatic N) is 6. The van der Waals surface area contributed by atoms with Crippen LogP contribution < -0.4 is 9.80 Å². The Morgan fingerprint density at radius 1 is 0.967 bits per heavy atom. The second-order valence-corrected chi connectivity index (χ2v) is 7.93. The minimum Gasteiger partial charge on any atom is -0.368 e. The van der Waals surface area contributed by atoms with Gasteiger partial charge in [0.1, 0.15) is 5.82 Å². The largest absolute Gasteiger partial charge is 0.368 e. The molecule has 30 heavy (non-hydrogen) atoms. The lowest BCUT2D eigenvalue weighted by Crippen LogP contribution is -2.46. The van der Waals surface area contributed by atoms with E-state index < -0.39 is 0 Å². The van der Waals surface area contributed by atoms with E-state index >= 15 is 0 Å². The highest BCUT2D eigenvalue weighted by atomic mass is 32.1. The van der Waals surface area contributed by atoms with E-state index in [0.29, 0.717) is 0 Å². The Balaban J connectivity index is 1.27. The molecule has 0 atom stereocenters. The lowest BCUT2D eigenvalue weighted by molar-refractivity contribution is -0.384. The van der Waals surface area contributed by atoms with Crippen LogP contribution in [0, 0.1) is 15.9 Å². The summed E-state index contributed by atoms with van der Waals surface area (Å²) in [5.74, 6) is -0.270. The predicted molar refractivity (Wildman–Crippen MR) is 114 cm³/mol. The lowest BCUT2D eigenvalue weighted by Gasteiger charge is -2.35. The number of hydrogen-bond donors (Lipinski definition) is 0. The van der Waals surface area contributed by atoms with Gasteiger partial charge >= 0.3 is 0 Å². The van der Waals surface area contributed by atoms with E-state index in [1.54, 1.807) is 28.8 Å². The topological polar surface area (TPSA) is 79.8 Å². The van der Waals surface area contributed by atoms with Gasteiger partial charge in [0.05, 0.1) is 16.8 Å². The number of halogens is 1. The number of rotatable bonds is 4. The Morgan fingerprint density at radius 3 is 2.27 bits per heavy atom. The molecule has 5 rings (SSSR count). The van der Waals surface area contributed by atoms with Crippen molar-refractivity contribution in [2.24, 2.45) is 0 Å². The van der Waals surface area contributed by atoms with Crippen molar-refractivity contribution in [1.82, 2.24) is 14.6 Å². The molecule has 0 radical (unpaired) electrons. The van der Waals surface area contributed by atoms with Gasteiger partial charge in [0, 0.05) is 49.6 Å². The van der Waals surface area contributed by atoms with Gasteiger partial charge in [0.2, 0.25) is 10.1 Å². The molecule has 0 saturated carbocycles. The molecule has 10 heteroatoms. The Bertz CT molecular complexity index is 1170. The zero-order chi connectivity index (χ0) is 20.7. The van der Waals surface area contributed by atoms with Gasteiger partial charge in [0.15, 0.2) is 0 Å². The van der Waals surface area contributed by atoms with Crippen LogP contribution in [0.4, 0.5) is 20.9 Å². The highest BCUT2D eigenvalue weighted by molar-refractivity contribution is 7.20. The second kappa shape index (κ2) is 7.38. The first-order chi connectivity index (χ1) is 14.6. The summed E-state index contributed by atoms with van der Waals surface area (Å²) in [5.41, 5.74) is 2.71. The van der Waals surface area contributed by atoms with E-state index in [2.05, 4.69) is 19.9 Å². The predicted octanol–water partition coefficient (Wildman–Crippen LogP) is 3.83. The molecule has 0 spiro atoms. The second-order valence-electron chi connectivity index (χ2n) is 6.99. The smallest absolute Gasteiger partial charge is 0.269 e. The number of nitro benzene ring substituents is 1. The van der Waals surface area contributed by atoms with Crippen molar-refractivity contribution in [2.45, 2.75) is 0 Å². The van der Waals surface area contributed by atoms with Crippen LogP contribution in [0.5, 0.6) is 0 Å². The van der Waals surface area contributed by atoms with Crippen LogP contribution in [0.1, 0.15) is 0 Å². The molecule has 152 valence electrons. The van der Waals surface area contributed by atoms with Crippen molar-refractivity contribution in [3.05, 3.63) is 70.7 Å². The molecule has 1 aliphatic rings. The number of aromatic nitrogens is 3. The molecule has 2 aromatic carbocycles. The molecule has 4 aromatic rings. The number of imidazole rings is 1. The van der Waals surface area contributed by atoms with Crippen LogP contribution >= 0.6 is 11.3 Å². The Morgan fingerprint density at radius 2 is 1.63 bits per heavy atom. The Labute approximate surface area is 175 Å². The van der Waals surface area contributed by atoms with Crippen LogP contribution in [0.2, 0.25) is 0 Å². The average molecular weight is 424 g/mol. The summed E-state index contributed by atoms with van der Waals surface area (Å²) in [6.45, 7) is 3.22. The van der Waals surface area contributed by atoms with Gasteiger partial charge in [-0.2, -0.15) is 0 Å². The number of piperazine rings is 1. The molecule has 0 bridgehead atoms. The normalized spacial score (nSPS) is 14.4. The highest BCUT2D eigenvalue weighted by Crippen LogP contribution is 2.28. The minimum atomic E-state index is -0.387. The maximum Gasteiger partial charge on any atom is 0.269 e. The fraction of sp³-hybridized carbons (Fsp3) is 0.200. The quantitative estimate of drug-likeness (QED) is 0.366. The molecular weight excluding hydrogens is 407 g/mol. The first-order valence-electron chi connectivity index (χ1n) is 9.43. The fourth-order valence-corrected chi connectivity index (χ4v) is 4.45. The van der Waals surface area contributed by atoms with Gasteiger partial charge in [-0.05, 0) is 36.4 Å². The zero-order valence-electron chi connectivity index (χ0n) is 15.8. The summed E-state index contributed by atoms with van der Waals surface area (Å²) in [6.07, 6.45) is 1.86. The number of anilines is 2. The average Bonchev–Trinajstić information content (AvgIpc) is 3.34. The molecule has 1 aliphatic heterocycles. The monoisotopic (exact) mass is 424 g/mol. The van der Waals surface area contributed by atoms with Crippen molar-refractivity contribution in [2.75, 3.05) is 36.0 Å². The first-order valence-corrected chi connectivity index (χ1v) is 10.2. The summed E-state index contributed by atoms with van der Waals surface area (Å²) >= 11 is 1.52. The van der Waals surface area contributed by atoms with E-state index in [1.807, 2.05) is 6.20 Å². The van der Waals surface area contributed by atoms with E-state index in [1.165, 1.54) is 35.6 Å². The molecule has 8 nitrogen and oxygen atoms in total.